The first kappa shape index (κ1) is 55.6. The monoisotopic (exact) mass is 859 g/mol. The number of rotatable bonds is 43. The van der Waals surface area contributed by atoms with Gasteiger partial charge in [0.05, 0.1) is 24.3 Å². The average molecular weight is 859 g/mol. The van der Waals surface area contributed by atoms with Crippen LogP contribution < -0.4 is 0 Å². The summed E-state index contributed by atoms with van der Waals surface area (Å²) in [4.78, 5) is 25.4. The zero-order valence-electron chi connectivity index (χ0n) is 38.7. The molecule has 0 saturated carbocycles. The Hall–Kier alpha value is -2.45. The number of carbonyl (C=O) groups is 2. The predicted molar refractivity (Wildman–Crippen MR) is 253 cm³/mol. The van der Waals surface area contributed by atoms with Crippen LogP contribution in [0.5, 0.6) is 0 Å². The van der Waals surface area contributed by atoms with Crippen LogP contribution in [0.3, 0.4) is 0 Å². The van der Waals surface area contributed by atoms with E-state index in [1.54, 1.807) is 0 Å². The van der Waals surface area contributed by atoms with Gasteiger partial charge in [-0.25, -0.2) is 9.59 Å². The first-order valence-corrected chi connectivity index (χ1v) is 26.5. The van der Waals surface area contributed by atoms with Crippen molar-refractivity contribution in [3.63, 3.8) is 0 Å². The Labute approximate surface area is 369 Å². The molecule has 0 aliphatic heterocycles. The number of esters is 2. The van der Waals surface area contributed by atoms with Crippen LogP contribution in [0.1, 0.15) is 266 Å². The molecule has 0 atom stereocenters. The molecule has 0 aliphatic rings. The maximum atomic E-state index is 13.1. The molecule has 0 radical (unpaired) electrons. The Morgan fingerprint density at radius 1 is 0.450 bits per heavy atom. The predicted octanol–water partition coefficient (Wildman–Crippen LogP) is 16.4. The van der Waals surface area contributed by atoms with Crippen molar-refractivity contribution in [1.82, 2.24) is 0 Å². The maximum Gasteiger partial charge on any atom is 0.340 e. The highest BCUT2D eigenvalue weighted by Crippen LogP contribution is 2.23. The number of ether oxygens (including phenoxy) is 2. The van der Waals surface area contributed by atoms with Gasteiger partial charge in [-0.05, 0) is 76.3 Å². The van der Waals surface area contributed by atoms with Crippen molar-refractivity contribution in [2.75, 3.05) is 13.2 Å². The summed E-state index contributed by atoms with van der Waals surface area (Å²) in [6, 6.07) is 3.73. The van der Waals surface area contributed by atoms with Crippen LogP contribution in [0.2, 0.25) is 0 Å². The molecule has 0 aliphatic carbocycles. The Morgan fingerprint density at radius 3 is 1.08 bits per heavy atom. The van der Waals surface area contributed by atoms with Crippen molar-refractivity contribution in [1.29, 1.82) is 0 Å². The van der Waals surface area contributed by atoms with E-state index in [1.807, 2.05) is 0 Å². The molecular formula is C52H90O7S. The molecule has 0 fully saturated rings. The lowest BCUT2D eigenvalue weighted by atomic mass is 10.0. The van der Waals surface area contributed by atoms with Gasteiger partial charge in [-0.3, -0.25) is 4.55 Å². The Balaban J connectivity index is 2.19. The summed E-state index contributed by atoms with van der Waals surface area (Å²) < 4.78 is 44.9. The molecule has 1 rings (SSSR count). The molecule has 1 aromatic rings. The van der Waals surface area contributed by atoms with Crippen LogP contribution in [-0.2, 0) is 19.6 Å². The third-order valence-corrected chi connectivity index (χ3v) is 12.4. The third-order valence-electron chi connectivity index (χ3n) is 11.5. The number of hydrogen-bond acceptors (Lipinski definition) is 6. The fourth-order valence-corrected chi connectivity index (χ4v) is 8.42. The van der Waals surface area contributed by atoms with E-state index in [9.17, 15) is 22.6 Å². The number of unbranched alkanes of at least 4 members (excludes halogenated alkanes) is 32. The van der Waals surface area contributed by atoms with Gasteiger partial charge in [-0.15, -0.1) is 0 Å². The lowest BCUT2D eigenvalue weighted by Crippen LogP contribution is -2.19. The van der Waals surface area contributed by atoms with Crippen LogP contribution in [0.4, 0.5) is 0 Å². The number of hydrogen-bond donors (Lipinski definition) is 1. The fraction of sp³-hybridized carbons (Fsp3) is 0.769. The molecule has 0 aromatic heterocycles. The maximum absolute atomic E-state index is 13.1. The second-order valence-corrected chi connectivity index (χ2v) is 18.5. The van der Waals surface area contributed by atoms with Crippen LogP contribution in [0, 0.1) is 0 Å². The van der Waals surface area contributed by atoms with Gasteiger partial charge >= 0.3 is 11.9 Å². The molecule has 1 N–H and O–H groups in total. The molecule has 0 spiro atoms. The molecule has 0 amide bonds. The van der Waals surface area contributed by atoms with Gasteiger partial charge in [0, 0.05) is 0 Å². The van der Waals surface area contributed by atoms with Gasteiger partial charge in [0.15, 0.2) is 0 Å². The smallest absolute Gasteiger partial charge is 0.340 e. The highest BCUT2D eigenvalue weighted by molar-refractivity contribution is 7.86. The topological polar surface area (TPSA) is 107 Å². The lowest BCUT2D eigenvalue weighted by molar-refractivity contribution is 0.0447. The standard InChI is InChI=1S/C52H90O7S/c1-3-5-7-9-11-13-15-17-19-21-23-25-27-29-31-33-35-37-39-41-46-58-51(53)48-44-43-45-49(60(55,56)57)50(48)52(54)59-47-42-40-38-36-34-32-30-28-26-24-22-20-18-16-14-12-10-8-6-4-2/h33-36,43-45H,3-32,37-42,46-47H2,1-2H3,(H,55,56,57)/b35-33+,36-34+. The fourth-order valence-electron chi connectivity index (χ4n) is 7.72. The normalized spacial score (nSPS) is 11.9. The average Bonchev–Trinajstić information content (AvgIpc) is 3.24. The van der Waals surface area contributed by atoms with Crippen LogP contribution in [0.25, 0.3) is 0 Å². The van der Waals surface area contributed by atoms with Gasteiger partial charge in [-0.1, -0.05) is 211 Å². The molecule has 7 nitrogen and oxygen atoms in total. The van der Waals surface area contributed by atoms with E-state index in [1.165, 1.54) is 192 Å². The number of carbonyl (C=O) groups excluding carboxylic acids is 2. The molecule has 346 valence electrons. The summed E-state index contributed by atoms with van der Waals surface area (Å²) in [6.07, 6.45) is 53.7. The first-order valence-electron chi connectivity index (χ1n) is 25.1. The van der Waals surface area contributed by atoms with E-state index in [-0.39, 0.29) is 18.8 Å². The SMILES string of the molecule is CCCCCCCCCCCCCCCC/C=C/CCCCOC(=O)c1cccc(S(=O)(=O)O)c1C(=O)OCCCC/C=C/CCCCCCCCCCCCCCCC. The summed E-state index contributed by atoms with van der Waals surface area (Å²) in [5.41, 5.74) is -0.709. The minimum Gasteiger partial charge on any atom is -0.462 e. The largest absolute Gasteiger partial charge is 0.462 e. The Morgan fingerprint density at radius 2 is 0.750 bits per heavy atom. The molecule has 0 bridgehead atoms. The number of allylic oxidation sites excluding steroid dienone is 4. The molecule has 60 heavy (non-hydrogen) atoms. The van der Waals surface area contributed by atoms with E-state index < -0.39 is 32.5 Å². The first-order chi connectivity index (χ1) is 29.3. The molecule has 8 heteroatoms. The highest BCUT2D eigenvalue weighted by Gasteiger charge is 2.28. The highest BCUT2D eigenvalue weighted by atomic mass is 32.2. The van der Waals surface area contributed by atoms with Crippen molar-refractivity contribution in [3.8, 4) is 0 Å². The Bertz CT molecular complexity index is 1340. The summed E-state index contributed by atoms with van der Waals surface area (Å²) in [6.45, 7) is 4.76. The Kier molecular flexibility index (Phi) is 37.6. The van der Waals surface area contributed by atoms with E-state index >= 15 is 0 Å². The quantitative estimate of drug-likeness (QED) is 0.0302. The summed E-state index contributed by atoms with van der Waals surface area (Å²) in [5, 5.41) is 0. The van der Waals surface area contributed by atoms with Gasteiger partial charge < -0.3 is 9.47 Å². The van der Waals surface area contributed by atoms with Crippen molar-refractivity contribution in [2.24, 2.45) is 0 Å². The molecular weight excluding hydrogens is 769 g/mol. The van der Waals surface area contributed by atoms with Gasteiger partial charge in [0.25, 0.3) is 10.1 Å². The second kappa shape index (κ2) is 40.6. The van der Waals surface area contributed by atoms with Crippen LogP contribution >= 0.6 is 0 Å². The van der Waals surface area contributed by atoms with Crippen molar-refractivity contribution < 1.29 is 32.0 Å². The molecule has 0 saturated heterocycles. The number of benzene rings is 1. The summed E-state index contributed by atoms with van der Waals surface area (Å²) in [5.74, 6) is -1.78. The molecule has 0 unspecified atom stereocenters. The zero-order chi connectivity index (χ0) is 43.6. The lowest BCUT2D eigenvalue weighted by Gasteiger charge is -2.12. The van der Waals surface area contributed by atoms with Crippen molar-refractivity contribution >= 4 is 22.1 Å². The van der Waals surface area contributed by atoms with Crippen LogP contribution in [0.15, 0.2) is 47.4 Å². The van der Waals surface area contributed by atoms with Crippen molar-refractivity contribution in [3.05, 3.63) is 53.6 Å². The van der Waals surface area contributed by atoms with Gasteiger partial charge in [0.2, 0.25) is 0 Å². The molecule has 0 heterocycles. The van der Waals surface area contributed by atoms with E-state index in [0.717, 1.165) is 44.6 Å². The second-order valence-electron chi connectivity index (χ2n) is 17.1. The van der Waals surface area contributed by atoms with Crippen molar-refractivity contribution in [2.45, 2.75) is 250 Å². The summed E-state index contributed by atoms with van der Waals surface area (Å²) >= 11 is 0. The van der Waals surface area contributed by atoms with Gasteiger partial charge in [0.1, 0.15) is 4.90 Å². The van der Waals surface area contributed by atoms with E-state index in [2.05, 4.69) is 38.2 Å². The van der Waals surface area contributed by atoms with E-state index in [0.29, 0.717) is 12.8 Å². The third kappa shape index (κ3) is 32.3. The summed E-state index contributed by atoms with van der Waals surface area (Å²) in [7, 11) is -4.78. The zero-order valence-corrected chi connectivity index (χ0v) is 39.5. The van der Waals surface area contributed by atoms with E-state index in [4.69, 9.17) is 9.47 Å². The molecule has 1 aromatic carbocycles. The minimum absolute atomic E-state index is 0.0762. The minimum atomic E-state index is -4.78. The van der Waals surface area contributed by atoms with Gasteiger partial charge in [-0.2, -0.15) is 8.42 Å². The van der Waals surface area contributed by atoms with Crippen LogP contribution in [-0.4, -0.2) is 38.1 Å².